The molecule has 0 aromatic heterocycles. The highest BCUT2D eigenvalue weighted by atomic mass is 19.1. The van der Waals surface area contributed by atoms with Crippen molar-refractivity contribution >= 4 is 5.91 Å². The maximum absolute atomic E-state index is 13.6. The van der Waals surface area contributed by atoms with Crippen LogP contribution in [0, 0.1) is 5.82 Å². The number of likely N-dealkylation sites (N-methyl/N-ethyl adjacent to an activating group) is 1. The molecule has 1 amide bonds. The molecule has 0 unspecified atom stereocenters. The van der Waals surface area contributed by atoms with Gasteiger partial charge in [0.25, 0.3) is 0 Å². The number of methoxy groups -OCH3 is 1. The molecule has 0 spiro atoms. The van der Waals surface area contributed by atoms with Crippen molar-refractivity contribution in [2.24, 2.45) is 0 Å². The summed E-state index contributed by atoms with van der Waals surface area (Å²) in [5.74, 6) is -0.360. The Morgan fingerprint density at radius 1 is 1.60 bits per heavy atom. The molecule has 5 nitrogen and oxygen atoms in total. The highest BCUT2D eigenvalue weighted by Crippen LogP contribution is 2.19. The first kappa shape index (κ1) is 14.7. The van der Waals surface area contributed by atoms with Gasteiger partial charge in [0.2, 0.25) is 5.91 Å². The smallest absolute Gasteiger partial charge is 0.239 e. The zero-order valence-electron chi connectivity index (χ0n) is 11.6. The summed E-state index contributed by atoms with van der Waals surface area (Å²) < 4.78 is 18.4. The molecule has 6 heteroatoms. The summed E-state index contributed by atoms with van der Waals surface area (Å²) in [6.07, 6.45) is -0.0593. The molecule has 110 valence electrons. The molecule has 1 fully saturated rings. The molecule has 0 aliphatic carbocycles. The first-order chi connectivity index (χ1) is 9.51. The Morgan fingerprint density at radius 3 is 2.90 bits per heavy atom. The first-order valence-corrected chi connectivity index (χ1v) is 6.50. The number of rotatable bonds is 4. The maximum Gasteiger partial charge on any atom is 0.239 e. The van der Waals surface area contributed by atoms with E-state index in [0.29, 0.717) is 25.1 Å². The number of aliphatic hydroxyl groups excluding tert-OH is 1. The van der Waals surface area contributed by atoms with Crippen molar-refractivity contribution in [3.05, 3.63) is 29.6 Å². The van der Waals surface area contributed by atoms with E-state index in [1.165, 1.54) is 18.1 Å². The van der Waals surface area contributed by atoms with Crippen molar-refractivity contribution in [3.63, 3.8) is 0 Å². The lowest BCUT2D eigenvalue weighted by Crippen LogP contribution is -2.41. The summed E-state index contributed by atoms with van der Waals surface area (Å²) >= 11 is 0. The maximum atomic E-state index is 13.6. The van der Waals surface area contributed by atoms with Crippen LogP contribution < -0.4 is 10.1 Å². The summed E-state index contributed by atoms with van der Waals surface area (Å²) in [5.41, 5.74) is 0.692. The number of hydrogen-bond acceptors (Lipinski definition) is 4. The molecule has 1 aliphatic rings. The van der Waals surface area contributed by atoms with Gasteiger partial charge in [0.05, 0.1) is 19.3 Å². The number of ether oxygens (including phenoxy) is 1. The predicted molar refractivity (Wildman–Crippen MR) is 71.8 cm³/mol. The summed E-state index contributed by atoms with van der Waals surface area (Å²) in [4.78, 5) is 13.7. The van der Waals surface area contributed by atoms with Gasteiger partial charge in [0, 0.05) is 20.1 Å². The summed E-state index contributed by atoms with van der Waals surface area (Å²) in [6, 6.07) is 4.26. The van der Waals surface area contributed by atoms with Gasteiger partial charge in [0.15, 0.2) is 11.6 Å². The molecular weight excluding hydrogens is 263 g/mol. The van der Waals surface area contributed by atoms with Gasteiger partial charge in [-0.3, -0.25) is 4.79 Å². The van der Waals surface area contributed by atoms with E-state index in [2.05, 4.69) is 5.32 Å². The lowest BCUT2D eigenvalue weighted by Gasteiger charge is -2.21. The van der Waals surface area contributed by atoms with Gasteiger partial charge in [-0.2, -0.15) is 0 Å². The molecule has 0 bridgehead atoms. The highest BCUT2D eigenvalue weighted by molar-refractivity contribution is 5.82. The lowest BCUT2D eigenvalue weighted by molar-refractivity contribution is -0.132. The Morgan fingerprint density at radius 2 is 2.35 bits per heavy atom. The number of hydrogen-bond donors (Lipinski definition) is 2. The third kappa shape index (κ3) is 3.26. The van der Waals surface area contributed by atoms with Crippen molar-refractivity contribution in [1.29, 1.82) is 0 Å². The van der Waals surface area contributed by atoms with E-state index in [4.69, 9.17) is 4.74 Å². The van der Waals surface area contributed by atoms with Crippen molar-refractivity contribution in [2.45, 2.75) is 25.1 Å². The number of carbonyl (C=O) groups is 1. The second-order valence-electron chi connectivity index (χ2n) is 5.01. The number of halogens is 1. The molecule has 1 aromatic rings. The third-order valence-corrected chi connectivity index (χ3v) is 3.42. The largest absolute Gasteiger partial charge is 0.494 e. The minimum Gasteiger partial charge on any atom is -0.494 e. The molecule has 1 heterocycles. The van der Waals surface area contributed by atoms with Gasteiger partial charge in [-0.15, -0.1) is 0 Å². The number of amides is 1. The van der Waals surface area contributed by atoms with E-state index in [9.17, 15) is 14.3 Å². The number of nitrogens with zero attached hydrogens (tertiary/aromatic N) is 1. The fourth-order valence-electron chi connectivity index (χ4n) is 2.33. The van der Waals surface area contributed by atoms with Crippen molar-refractivity contribution in [3.8, 4) is 5.75 Å². The second-order valence-corrected chi connectivity index (χ2v) is 5.01. The van der Waals surface area contributed by atoms with Crippen LogP contribution in [0.3, 0.4) is 0 Å². The van der Waals surface area contributed by atoms with Crippen LogP contribution >= 0.6 is 0 Å². The Labute approximate surface area is 117 Å². The molecule has 20 heavy (non-hydrogen) atoms. The minimum atomic E-state index is -0.476. The topological polar surface area (TPSA) is 61.8 Å². The fourth-order valence-corrected chi connectivity index (χ4v) is 2.33. The number of β-amino-alcohol motifs (C(OH)–C–C–N with tert-alkyl or cyclic N) is 1. The van der Waals surface area contributed by atoms with Crippen molar-refractivity contribution < 1.29 is 19.0 Å². The molecule has 1 aromatic carbocycles. The van der Waals surface area contributed by atoms with Gasteiger partial charge in [-0.25, -0.2) is 4.39 Å². The third-order valence-electron chi connectivity index (χ3n) is 3.42. The monoisotopic (exact) mass is 282 g/mol. The van der Waals surface area contributed by atoms with Crippen LogP contribution in [0.4, 0.5) is 4.39 Å². The average Bonchev–Trinajstić information content (AvgIpc) is 2.84. The van der Waals surface area contributed by atoms with Crippen LogP contribution in [0.1, 0.15) is 12.0 Å². The normalized spacial score (nSPS) is 21.8. The second kappa shape index (κ2) is 6.19. The quantitative estimate of drug-likeness (QED) is 0.845. The average molecular weight is 282 g/mol. The van der Waals surface area contributed by atoms with Crippen LogP contribution in [0.5, 0.6) is 5.75 Å². The molecule has 1 aliphatic heterocycles. The summed E-state index contributed by atoms with van der Waals surface area (Å²) in [6.45, 7) is 0.745. The first-order valence-electron chi connectivity index (χ1n) is 6.50. The van der Waals surface area contributed by atoms with Gasteiger partial charge in [-0.05, 0) is 24.1 Å². The minimum absolute atomic E-state index is 0.0993. The standard InChI is InChI=1S/C14H19FN2O3/c1-17(14(19)12-6-10(18)7-16-12)8-9-3-4-13(20-2)11(15)5-9/h3-5,10,12,16,18H,6-8H2,1-2H3/t10-,12-/m1/s1. The van der Waals surface area contributed by atoms with E-state index in [-0.39, 0.29) is 17.7 Å². The van der Waals surface area contributed by atoms with Crippen molar-refractivity contribution in [1.82, 2.24) is 10.2 Å². The van der Waals surface area contributed by atoms with Crippen molar-refractivity contribution in [2.75, 3.05) is 20.7 Å². The van der Waals surface area contributed by atoms with Gasteiger partial charge in [-0.1, -0.05) is 6.07 Å². The SMILES string of the molecule is COc1ccc(CN(C)C(=O)[C@H]2C[C@@H](O)CN2)cc1F. The molecule has 2 atom stereocenters. The predicted octanol–water partition coefficient (Wildman–Crippen LogP) is 0.516. The Kier molecular flexibility index (Phi) is 4.57. The molecule has 1 saturated heterocycles. The van der Waals surface area contributed by atoms with Crippen LogP contribution in [0.2, 0.25) is 0 Å². The van der Waals surface area contributed by atoms with Crippen LogP contribution in [-0.4, -0.2) is 48.8 Å². The summed E-state index contributed by atoms with van der Waals surface area (Å²) in [7, 11) is 3.07. The number of aliphatic hydroxyl groups is 1. The van der Waals surface area contributed by atoms with Crippen LogP contribution in [0.25, 0.3) is 0 Å². The summed E-state index contributed by atoms with van der Waals surface area (Å²) in [5, 5.41) is 12.4. The van der Waals surface area contributed by atoms with Gasteiger partial charge >= 0.3 is 0 Å². The lowest BCUT2D eigenvalue weighted by atomic mass is 10.1. The molecule has 0 radical (unpaired) electrons. The fraction of sp³-hybridized carbons (Fsp3) is 0.500. The molecule has 2 rings (SSSR count). The number of nitrogens with one attached hydrogen (secondary N) is 1. The Bertz CT molecular complexity index is 495. The van der Waals surface area contributed by atoms with Crippen LogP contribution in [0.15, 0.2) is 18.2 Å². The zero-order valence-corrected chi connectivity index (χ0v) is 11.6. The number of carbonyl (C=O) groups excluding carboxylic acids is 1. The molecule has 0 saturated carbocycles. The molecular formula is C14H19FN2O3. The number of benzene rings is 1. The van der Waals surface area contributed by atoms with Gasteiger partial charge in [0.1, 0.15) is 0 Å². The van der Waals surface area contributed by atoms with Crippen LogP contribution in [-0.2, 0) is 11.3 Å². The Balaban J connectivity index is 1.98. The van der Waals surface area contributed by atoms with E-state index in [1.54, 1.807) is 19.2 Å². The van der Waals surface area contributed by atoms with Gasteiger partial charge < -0.3 is 20.1 Å². The Hall–Kier alpha value is -1.66. The zero-order chi connectivity index (χ0) is 14.7. The van der Waals surface area contributed by atoms with E-state index < -0.39 is 11.9 Å². The molecule has 2 N–H and O–H groups in total. The van der Waals surface area contributed by atoms with E-state index in [0.717, 1.165) is 0 Å². The van der Waals surface area contributed by atoms with E-state index in [1.807, 2.05) is 0 Å². The van der Waals surface area contributed by atoms with E-state index >= 15 is 0 Å². The highest BCUT2D eigenvalue weighted by Gasteiger charge is 2.30.